The standard InChI is InChI=1S/C11H11BrClF/c12-8-2-4-11(14)10(6-8)7-1-3-9(13)5-7/h2,4,6-7,9H,1,3,5H2. The summed E-state index contributed by atoms with van der Waals surface area (Å²) >= 11 is 9.37. The summed E-state index contributed by atoms with van der Waals surface area (Å²) in [5.74, 6) is 0.193. The van der Waals surface area contributed by atoms with Crippen LogP contribution < -0.4 is 0 Å². The van der Waals surface area contributed by atoms with Gasteiger partial charge in [0.2, 0.25) is 0 Å². The number of rotatable bonds is 1. The summed E-state index contributed by atoms with van der Waals surface area (Å²) < 4.78 is 14.4. The molecule has 2 rings (SSSR count). The quantitative estimate of drug-likeness (QED) is 0.665. The molecule has 1 aromatic rings. The van der Waals surface area contributed by atoms with Crippen LogP contribution in [0.3, 0.4) is 0 Å². The van der Waals surface area contributed by atoms with E-state index in [-0.39, 0.29) is 11.2 Å². The molecule has 0 bridgehead atoms. The number of benzene rings is 1. The fraction of sp³-hybridized carbons (Fsp3) is 0.455. The maximum Gasteiger partial charge on any atom is 0.126 e. The molecule has 1 aromatic carbocycles. The van der Waals surface area contributed by atoms with Crippen LogP contribution in [-0.2, 0) is 0 Å². The summed E-state index contributed by atoms with van der Waals surface area (Å²) in [6.45, 7) is 0. The minimum Gasteiger partial charge on any atom is -0.207 e. The lowest BCUT2D eigenvalue weighted by molar-refractivity contribution is 0.580. The molecule has 0 amide bonds. The van der Waals surface area contributed by atoms with Crippen LogP contribution >= 0.6 is 27.5 Å². The number of halogens is 3. The summed E-state index contributed by atoms with van der Waals surface area (Å²) in [7, 11) is 0. The highest BCUT2D eigenvalue weighted by Crippen LogP contribution is 2.38. The van der Waals surface area contributed by atoms with Crippen LogP contribution in [0, 0.1) is 5.82 Å². The molecule has 1 fully saturated rings. The maximum atomic E-state index is 13.5. The molecule has 2 atom stereocenters. The second-order valence-corrected chi connectivity index (χ2v) is 5.31. The van der Waals surface area contributed by atoms with Gasteiger partial charge < -0.3 is 0 Å². The molecule has 0 nitrogen and oxygen atoms in total. The average molecular weight is 278 g/mol. The highest BCUT2D eigenvalue weighted by molar-refractivity contribution is 9.10. The van der Waals surface area contributed by atoms with Gasteiger partial charge in [-0.15, -0.1) is 11.6 Å². The van der Waals surface area contributed by atoms with Gasteiger partial charge in [-0.3, -0.25) is 0 Å². The molecule has 2 unspecified atom stereocenters. The van der Waals surface area contributed by atoms with E-state index < -0.39 is 0 Å². The van der Waals surface area contributed by atoms with Crippen molar-refractivity contribution in [1.82, 2.24) is 0 Å². The highest BCUT2D eigenvalue weighted by Gasteiger charge is 2.26. The van der Waals surface area contributed by atoms with Gasteiger partial charge in [-0.05, 0) is 48.9 Å². The zero-order valence-corrected chi connectivity index (χ0v) is 9.98. The van der Waals surface area contributed by atoms with Crippen LogP contribution in [0.15, 0.2) is 22.7 Å². The molecule has 0 heterocycles. The maximum absolute atomic E-state index is 13.5. The van der Waals surface area contributed by atoms with E-state index in [2.05, 4.69) is 15.9 Å². The SMILES string of the molecule is Fc1ccc(Br)cc1C1CCC(Cl)C1. The summed E-state index contributed by atoms with van der Waals surface area (Å²) in [6.07, 6.45) is 2.90. The minimum atomic E-state index is -0.107. The molecular weight excluding hydrogens is 266 g/mol. The van der Waals surface area contributed by atoms with E-state index >= 15 is 0 Å². The van der Waals surface area contributed by atoms with Crippen molar-refractivity contribution in [2.75, 3.05) is 0 Å². The Kier molecular flexibility index (Phi) is 3.13. The Morgan fingerprint density at radius 1 is 1.36 bits per heavy atom. The first-order valence-corrected chi connectivity index (χ1v) is 5.99. The monoisotopic (exact) mass is 276 g/mol. The van der Waals surface area contributed by atoms with Gasteiger partial charge >= 0.3 is 0 Å². The Morgan fingerprint density at radius 3 is 2.79 bits per heavy atom. The second-order valence-electron chi connectivity index (χ2n) is 3.77. The Labute approximate surface area is 96.6 Å². The molecule has 0 radical (unpaired) electrons. The number of hydrogen-bond donors (Lipinski definition) is 0. The summed E-state index contributed by atoms with van der Waals surface area (Å²) in [5, 5.41) is 0.221. The smallest absolute Gasteiger partial charge is 0.126 e. The van der Waals surface area contributed by atoms with Gasteiger partial charge in [-0.25, -0.2) is 4.39 Å². The van der Waals surface area contributed by atoms with Gasteiger partial charge in [0.15, 0.2) is 0 Å². The predicted molar refractivity (Wildman–Crippen MR) is 60.3 cm³/mol. The Hall–Kier alpha value is -0.0800. The summed E-state index contributed by atoms with van der Waals surface area (Å²) in [6, 6.07) is 5.11. The first kappa shape index (κ1) is 10.4. The zero-order valence-electron chi connectivity index (χ0n) is 7.64. The average Bonchev–Trinajstić information content (AvgIpc) is 2.56. The lowest BCUT2D eigenvalue weighted by Crippen LogP contribution is -1.98. The molecule has 0 saturated heterocycles. The van der Waals surface area contributed by atoms with Gasteiger partial charge in [0.1, 0.15) is 5.82 Å². The molecular formula is C11H11BrClF. The van der Waals surface area contributed by atoms with E-state index in [9.17, 15) is 4.39 Å². The first-order valence-electron chi connectivity index (χ1n) is 4.76. The molecule has 3 heteroatoms. The van der Waals surface area contributed by atoms with Crippen molar-refractivity contribution in [2.24, 2.45) is 0 Å². The van der Waals surface area contributed by atoms with E-state index in [1.165, 1.54) is 6.07 Å². The fourth-order valence-corrected chi connectivity index (χ4v) is 2.76. The molecule has 76 valence electrons. The van der Waals surface area contributed by atoms with Crippen molar-refractivity contribution in [3.8, 4) is 0 Å². The number of alkyl halides is 1. The minimum absolute atomic E-state index is 0.107. The normalized spacial score (nSPS) is 26.8. The van der Waals surface area contributed by atoms with Crippen LogP contribution in [0.1, 0.15) is 30.7 Å². The largest absolute Gasteiger partial charge is 0.207 e. The molecule has 0 N–H and O–H groups in total. The van der Waals surface area contributed by atoms with Crippen LogP contribution in [-0.4, -0.2) is 5.38 Å². The lowest BCUT2D eigenvalue weighted by Gasteiger charge is -2.11. The van der Waals surface area contributed by atoms with Gasteiger partial charge in [0.05, 0.1) is 0 Å². The van der Waals surface area contributed by atoms with Crippen molar-refractivity contribution < 1.29 is 4.39 Å². The Bertz CT molecular complexity index is 340. The topological polar surface area (TPSA) is 0 Å². The first-order chi connectivity index (χ1) is 6.66. The van der Waals surface area contributed by atoms with Crippen LogP contribution in [0.5, 0.6) is 0 Å². The summed E-state index contributed by atoms with van der Waals surface area (Å²) in [4.78, 5) is 0. The van der Waals surface area contributed by atoms with Gasteiger partial charge in [-0.2, -0.15) is 0 Å². The third-order valence-corrected chi connectivity index (χ3v) is 3.66. The predicted octanol–water partition coefficient (Wildman–Crippen LogP) is 4.46. The van der Waals surface area contributed by atoms with Crippen LogP contribution in [0.2, 0.25) is 0 Å². The van der Waals surface area contributed by atoms with Crippen molar-refractivity contribution >= 4 is 27.5 Å². The second kappa shape index (κ2) is 4.19. The number of hydrogen-bond acceptors (Lipinski definition) is 0. The molecule has 1 saturated carbocycles. The van der Waals surface area contributed by atoms with Crippen LogP contribution in [0.25, 0.3) is 0 Å². The van der Waals surface area contributed by atoms with E-state index in [0.29, 0.717) is 5.92 Å². The fourth-order valence-electron chi connectivity index (χ4n) is 2.04. The van der Waals surface area contributed by atoms with Crippen molar-refractivity contribution in [3.63, 3.8) is 0 Å². The third-order valence-electron chi connectivity index (χ3n) is 2.77. The third kappa shape index (κ3) is 2.12. The van der Waals surface area contributed by atoms with E-state index in [4.69, 9.17) is 11.6 Å². The highest BCUT2D eigenvalue weighted by atomic mass is 79.9. The molecule has 1 aliphatic carbocycles. The van der Waals surface area contributed by atoms with E-state index in [0.717, 1.165) is 29.3 Å². The Morgan fingerprint density at radius 2 is 2.14 bits per heavy atom. The van der Waals surface area contributed by atoms with E-state index in [1.807, 2.05) is 6.07 Å². The Balaban J connectivity index is 2.27. The van der Waals surface area contributed by atoms with Gasteiger partial charge in [-0.1, -0.05) is 15.9 Å². The molecule has 0 spiro atoms. The van der Waals surface area contributed by atoms with Gasteiger partial charge in [0.25, 0.3) is 0 Å². The lowest BCUT2D eigenvalue weighted by atomic mass is 9.97. The van der Waals surface area contributed by atoms with Gasteiger partial charge in [0, 0.05) is 9.85 Å². The zero-order chi connectivity index (χ0) is 10.1. The van der Waals surface area contributed by atoms with Crippen molar-refractivity contribution in [3.05, 3.63) is 34.1 Å². The molecule has 0 aliphatic heterocycles. The van der Waals surface area contributed by atoms with Crippen molar-refractivity contribution in [2.45, 2.75) is 30.6 Å². The van der Waals surface area contributed by atoms with Crippen molar-refractivity contribution in [1.29, 1.82) is 0 Å². The molecule has 0 aromatic heterocycles. The van der Waals surface area contributed by atoms with Crippen LogP contribution in [0.4, 0.5) is 4.39 Å². The molecule has 1 aliphatic rings. The van der Waals surface area contributed by atoms with E-state index in [1.54, 1.807) is 6.07 Å². The molecule has 14 heavy (non-hydrogen) atoms. The summed E-state index contributed by atoms with van der Waals surface area (Å²) in [5.41, 5.74) is 0.808.